The van der Waals surface area contributed by atoms with E-state index in [1.54, 1.807) is 11.0 Å². The van der Waals surface area contributed by atoms with Crippen LogP contribution >= 0.6 is 0 Å². The number of benzene rings is 1. The Hall–Kier alpha value is -2.44. The summed E-state index contributed by atoms with van der Waals surface area (Å²) in [6, 6.07) is 4.91. The molecule has 2 N–H and O–H groups in total. The summed E-state index contributed by atoms with van der Waals surface area (Å²) < 4.78 is 13.9. The van der Waals surface area contributed by atoms with Gasteiger partial charge in [-0.3, -0.25) is 14.4 Å². The number of nitrogens with one attached hydrogen (secondary N) is 2. The maximum atomic E-state index is 13.9. The Morgan fingerprint density at radius 2 is 1.81 bits per heavy atom. The molecule has 0 radical (unpaired) electrons. The molecule has 0 bridgehead atoms. The van der Waals surface area contributed by atoms with Gasteiger partial charge in [-0.2, -0.15) is 0 Å². The second-order valence-corrected chi connectivity index (χ2v) is 7.09. The molecule has 2 atom stereocenters. The third-order valence-electron chi connectivity index (χ3n) is 5.14. The van der Waals surface area contributed by atoms with Crippen LogP contribution in [0.15, 0.2) is 24.3 Å². The molecule has 1 aliphatic heterocycles. The SMILES string of the molecule is CCC(C)NC(=O)C(NC(=O)c1ccccc1F)C1CCN(C(C)=O)CC1. The van der Waals surface area contributed by atoms with Crippen LogP contribution in [0, 0.1) is 11.7 Å². The van der Waals surface area contributed by atoms with Gasteiger partial charge in [0, 0.05) is 26.1 Å². The lowest BCUT2D eigenvalue weighted by Gasteiger charge is -2.35. The fraction of sp³-hybridized carbons (Fsp3) is 0.550. The summed E-state index contributed by atoms with van der Waals surface area (Å²) in [6.07, 6.45) is 1.98. The Labute approximate surface area is 159 Å². The topological polar surface area (TPSA) is 78.5 Å². The van der Waals surface area contributed by atoms with Crippen molar-refractivity contribution in [2.45, 2.75) is 52.1 Å². The number of hydrogen-bond donors (Lipinski definition) is 2. The zero-order valence-electron chi connectivity index (χ0n) is 16.1. The van der Waals surface area contributed by atoms with Gasteiger partial charge in [0.2, 0.25) is 11.8 Å². The largest absolute Gasteiger partial charge is 0.352 e. The Morgan fingerprint density at radius 1 is 1.19 bits per heavy atom. The van der Waals surface area contributed by atoms with Crippen LogP contribution in [0.1, 0.15) is 50.4 Å². The lowest BCUT2D eigenvalue weighted by molar-refractivity contribution is -0.130. The van der Waals surface area contributed by atoms with Crippen molar-refractivity contribution in [2.75, 3.05) is 13.1 Å². The highest BCUT2D eigenvalue weighted by Gasteiger charge is 2.34. The molecule has 0 aromatic heterocycles. The van der Waals surface area contributed by atoms with E-state index in [9.17, 15) is 18.8 Å². The van der Waals surface area contributed by atoms with E-state index in [1.807, 2.05) is 13.8 Å². The van der Waals surface area contributed by atoms with Crippen LogP contribution in [0.3, 0.4) is 0 Å². The summed E-state index contributed by atoms with van der Waals surface area (Å²) in [5.74, 6) is -1.60. The van der Waals surface area contributed by atoms with Crippen molar-refractivity contribution in [1.82, 2.24) is 15.5 Å². The zero-order valence-corrected chi connectivity index (χ0v) is 16.1. The number of carbonyl (C=O) groups excluding carboxylic acids is 3. The minimum Gasteiger partial charge on any atom is -0.352 e. The number of hydrogen-bond acceptors (Lipinski definition) is 3. The Balaban J connectivity index is 2.15. The quantitative estimate of drug-likeness (QED) is 0.797. The van der Waals surface area contributed by atoms with Crippen molar-refractivity contribution in [3.05, 3.63) is 35.6 Å². The summed E-state index contributed by atoms with van der Waals surface area (Å²) >= 11 is 0. The monoisotopic (exact) mass is 377 g/mol. The van der Waals surface area contributed by atoms with Crippen molar-refractivity contribution < 1.29 is 18.8 Å². The van der Waals surface area contributed by atoms with Gasteiger partial charge in [-0.25, -0.2) is 4.39 Å². The highest BCUT2D eigenvalue weighted by Crippen LogP contribution is 2.22. The van der Waals surface area contributed by atoms with Gasteiger partial charge in [0.1, 0.15) is 11.9 Å². The van der Waals surface area contributed by atoms with E-state index < -0.39 is 17.8 Å². The van der Waals surface area contributed by atoms with E-state index in [1.165, 1.54) is 25.1 Å². The Bertz CT molecular complexity index is 687. The van der Waals surface area contributed by atoms with Gasteiger partial charge in [-0.15, -0.1) is 0 Å². The molecule has 27 heavy (non-hydrogen) atoms. The molecule has 6 nitrogen and oxygen atoms in total. The van der Waals surface area contributed by atoms with Crippen molar-refractivity contribution in [2.24, 2.45) is 5.92 Å². The molecule has 1 aliphatic rings. The molecular formula is C20H28FN3O3. The van der Waals surface area contributed by atoms with Crippen molar-refractivity contribution in [3.63, 3.8) is 0 Å². The van der Waals surface area contributed by atoms with E-state index >= 15 is 0 Å². The number of carbonyl (C=O) groups is 3. The summed E-state index contributed by atoms with van der Waals surface area (Å²) in [7, 11) is 0. The van der Waals surface area contributed by atoms with Crippen molar-refractivity contribution in [3.8, 4) is 0 Å². The zero-order chi connectivity index (χ0) is 20.0. The number of rotatable bonds is 6. The predicted molar refractivity (Wildman–Crippen MR) is 101 cm³/mol. The fourth-order valence-corrected chi connectivity index (χ4v) is 3.24. The first-order valence-corrected chi connectivity index (χ1v) is 9.44. The molecule has 3 amide bonds. The lowest BCUT2D eigenvalue weighted by Crippen LogP contribution is -2.55. The van der Waals surface area contributed by atoms with Crippen LogP contribution in [0.25, 0.3) is 0 Å². The molecule has 1 fully saturated rings. The highest BCUT2D eigenvalue weighted by molar-refractivity contribution is 5.97. The average molecular weight is 377 g/mol. The molecule has 0 saturated carbocycles. The molecule has 0 aliphatic carbocycles. The summed E-state index contributed by atoms with van der Waals surface area (Å²) in [6.45, 7) is 6.47. The average Bonchev–Trinajstić information content (AvgIpc) is 2.66. The highest BCUT2D eigenvalue weighted by atomic mass is 19.1. The maximum absolute atomic E-state index is 13.9. The minimum absolute atomic E-state index is 0.00412. The normalized spacial score (nSPS) is 17.1. The van der Waals surface area contributed by atoms with Gasteiger partial charge in [-0.1, -0.05) is 19.1 Å². The summed E-state index contributed by atoms with van der Waals surface area (Å²) in [5, 5.41) is 5.63. The van der Waals surface area contributed by atoms with E-state index in [-0.39, 0.29) is 29.3 Å². The molecule has 1 heterocycles. The maximum Gasteiger partial charge on any atom is 0.254 e. The van der Waals surface area contributed by atoms with Gasteiger partial charge in [0.05, 0.1) is 5.56 Å². The lowest BCUT2D eigenvalue weighted by atomic mass is 9.88. The molecule has 1 saturated heterocycles. The summed E-state index contributed by atoms with van der Waals surface area (Å²) in [4.78, 5) is 38.6. The van der Waals surface area contributed by atoms with Gasteiger partial charge < -0.3 is 15.5 Å². The van der Waals surface area contributed by atoms with Gasteiger partial charge in [0.25, 0.3) is 5.91 Å². The van der Waals surface area contributed by atoms with E-state index in [4.69, 9.17) is 0 Å². The van der Waals surface area contributed by atoms with Gasteiger partial charge >= 0.3 is 0 Å². The van der Waals surface area contributed by atoms with Crippen molar-refractivity contribution >= 4 is 17.7 Å². The first-order chi connectivity index (χ1) is 12.8. The first kappa shape index (κ1) is 20.9. The second-order valence-electron chi connectivity index (χ2n) is 7.09. The number of halogens is 1. The van der Waals surface area contributed by atoms with E-state index in [2.05, 4.69) is 10.6 Å². The van der Waals surface area contributed by atoms with Gasteiger partial charge in [-0.05, 0) is 44.2 Å². The van der Waals surface area contributed by atoms with Crippen LogP contribution in [0.4, 0.5) is 4.39 Å². The Morgan fingerprint density at radius 3 is 2.37 bits per heavy atom. The van der Waals surface area contributed by atoms with Crippen LogP contribution in [0.5, 0.6) is 0 Å². The van der Waals surface area contributed by atoms with Crippen LogP contribution in [-0.2, 0) is 9.59 Å². The number of likely N-dealkylation sites (tertiary alicyclic amines) is 1. The molecule has 0 spiro atoms. The fourth-order valence-electron chi connectivity index (χ4n) is 3.24. The molecule has 148 valence electrons. The Kier molecular flexibility index (Phi) is 7.33. The summed E-state index contributed by atoms with van der Waals surface area (Å²) in [5.41, 5.74) is -0.0833. The van der Waals surface area contributed by atoms with Crippen molar-refractivity contribution in [1.29, 1.82) is 0 Å². The second kappa shape index (κ2) is 9.48. The van der Waals surface area contributed by atoms with E-state index in [0.29, 0.717) is 25.9 Å². The van der Waals surface area contributed by atoms with Crippen LogP contribution in [0.2, 0.25) is 0 Å². The molecule has 7 heteroatoms. The van der Waals surface area contributed by atoms with E-state index in [0.717, 1.165) is 6.42 Å². The molecule has 2 rings (SSSR count). The molecular weight excluding hydrogens is 349 g/mol. The number of piperidine rings is 1. The number of nitrogens with zero attached hydrogens (tertiary/aromatic N) is 1. The third-order valence-corrected chi connectivity index (χ3v) is 5.14. The van der Waals surface area contributed by atoms with Crippen LogP contribution < -0.4 is 10.6 Å². The standard InChI is InChI=1S/C20H28FN3O3/c1-4-13(2)22-20(27)18(15-9-11-24(12-10-15)14(3)25)23-19(26)16-7-5-6-8-17(16)21/h5-8,13,15,18H,4,9-12H2,1-3H3,(H,22,27)(H,23,26). The van der Waals surface area contributed by atoms with Gasteiger partial charge in [0.15, 0.2) is 0 Å². The third kappa shape index (κ3) is 5.52. The van der Waals surface area contributed by atoms with Crippen LogP contribution in [-0.4, -0.2) is 47.8 Å². The predicted octanol–water partition coefficient (Wildman–Crippen LogP) is 2.10. The molecule has 1 aromatic carbocycles. The molecule has 2 unspecified atom stereocenters. The first-order valence-electron chi connectivity index (χ1n) is 9.44. The number of amides is 3. The molecule has 1 aromatic rings. The smallest absolute Gasteiger partial charge is 0.254 e. The minimum atomic E-state index is -0.764.